The summed E-state index contributed by atoms with van der Waals surface area (Å²) in [5.74, 6) is 0.206. The molecule has 2 amide bonds. The number of halogens is 1. The van der Waals surface area contributed by atoms with E-state index in [4.69, 9.17) is 16.3 Å². The predicted octanol–water partition coefficient (Wildman–Crippen LogP) is 4.67. The Morgan fingerprint density at radius 1 is 1.07 bits per heavy atom. The van der Waals surface area contributed by atoms with E-state index in [0.29, 0.717) is 17.3 Å². The van der Waals surface area contributed by atoms with Crippen LogP contribution in [0.15, 0.2) is 42.5 Å². The van der Waals surface area contributed by atoms with Crippen LogP contribution in [-0.2, 0) is 16.1 Å². The fourth-order valence-electron chi connectivity index (χ4n) is 3.08. The minimum atomic E-state index is -0.634. The average Bonchev–Trinajstić information content (AvgIpc) is 2.70. The highest BCUT2D eigenvalue weighted by Gasteiger charge is 2.27. The number of hydrogen-bond donors (Lipinski definition) is 1. The Morgan fingerprint density at radius 3 is 2.23 bits per heavy atom. The number of nitrogens with zero attached hydrogens (tertiary/aromatic N) is 1. The minimum absolute atomic E-state index is 0.0407. The lowest BCUT2D eigenvalue weighted by Crippen LogP contribution is -2.50. The summed E-state index contributed by atoms with van der Waals surface area (Å²) in [4.78, 5) is 27.3. The Morgan fingerprint density at radius 2 is 1.67 bits per heavy atom. The first-order valence-electron chi connectivity index (χ1n) is 10.2. The van der Waals surface area contributed by atoms with Gasteiger partial charge in [0.2, 0.25) is 5.91 Å². The van der Waals surface area contributed by atoms with Crippen molar-refractivity contribution in [3.63, 3.8) is 0 Å². The van der Waals surface area contributed by atoms with E-state index in [-0.39, 0.29) is 24.5 Å². The SMILES string of the molecule is CC[C@H](C)NC(=O)[C@H](C)N(Cc1ccc(Cl)cc1)C(=O)COc1cc(C)cc(C)c1. The van der Waals surface area contributed by atoms with Crippen molar-refractivity contribution in [2.24, 2.45) is 0 Å². The lowest BCUT2D eigenvalue weighted by Gasteiger charge is -2.29. The van der Waals surface area contributed by atoms with Gasteiger partial charge in [0.05, 0.1) is 0 Å². The standard InChI is InChI=1S/C24H31ClN2O3/c1-6-18(4)26-24(29)19(5)27(14-20-7-9-21(25)10-8-20)23(28)15-30-22-12-16(2)11-17(3)13-22/h7-13,18-19H,6,14-15H2,1-5H3,(H,26,29)/t18-,19-/m0/s1. The molecule has 0 radical (unpaired) electrons. The van der Waals surface area contributed by atoms with Gasteiger partial charge in [-0.3, -0.25) is 9.59 Å². The van der Waals surface area contributed by atoms with Crippen molar-refractivity contribution in [3.8, 4) is 5.75 Å². The number of rotatable bonds is 9. The molecule has 0 aromatic heterocycles. The monoisotopic (exact) mass is 430 g/mol. The van der Waals surface area contributed by atoms with Crippen molar-refractivity contribution in [1.29, 1.82) is 0 Å². The molecular formula is C24H31ClN2O3. The molecule has 30 heavy (non-hydrogen) atoms. The molecule has 0 aliphatic heterocycles. The van der Waals surface area contributed by atoms with Gasteiger partial charge in [-0.25, -0.2) is 0 Å². The molecule has 0 heterocycles. The normalized spacial score (nSPS) is 12.7. The third kappa shape index (κ3) is 7.06. The molecule has 0 fully saturated rings. The second-order valence-corrected chi connectivity index (χ2v) is 8.19. The molecule has 0 unspecified atom stereocenters. The van der Waals surface area contributed by atoms with Gasteiger partial charge in [0, 0.05) is 17.6 Å². The Labute approximate surface area is 184 Å². The topological polar surface area (TPSA) is 58.6 Å². The van der Waals surface area contributed by atoms with Gasteiger partial charge in [0.25, 0.3) is 5.91 Å². The molecule has 0 spiro atoms. The fourth-order valence-corrected chi connectivity index (χ4v) is 3.20. The van der Waals surface area contributed by atoms with E-state index in [2.05, 4.69) is 5.32 Å². The van der Waals surface area contributed by atoms with Gasteiger partial charge >= 0.3 is 0 Å². The summed E-state index contributed by atoms with van der Waals surface area (Å²) in [6, 6.07) is 12.5. The van der Waals surface area contributed by atoms with Crippen LogP contribution >= 0.6 is 11.6 Å². The van der Waals surface area contributed by atoms with Gasteiger partial charge in [-0.15, -0.1) is 0 Å². The van der Waals surface area contributed by atoms with Gasteiger partial charge in [-0.05, 0) is 75.1 Å². The van der Waals surface area contributed by atoms with Crippen molar-refractivity contribution >= 4 is 23.4 Å². The van der Waals surface area contributed by atoms with E-state index < -0.39 is 6.04 Å². The highest BCUT2D eigenvalue weighted by atomic mass is 35.5. The van der Waals surface area contributed by atoms with Crippen molar-refractivity contribution in [3.05, 3.63) is 64.2 Å². The van der Waals surface area contributed by atoms with Crippen LogP contribution < -0.4 is 10.1 Å². The van der Waals surface area contributed by atoms with Crippen molar-refractivity contribution in [2.45, 2.75) is 59.7 Å². The summed E-state index contributed by atoms with van der Waals surface area (Å²) in [6.07, 6.45) is 0.819. The van der Waals surface area contributed by atoms with Gasteiger partial charge in [-0.2, -0.15) is 0 Å². The number of carbonyl (C=O) groups is 2. The highest BCUT2D eigenvalue weighted by molar-refractivity contribution is 6.30. The number of nitrogens with one attached hydrogen (secondary N) is 1. The van der Waals surface area contributed by atoms with Crippen LogP contribution in [0.2, 0.25) is 5.02 Å². The van der Waals surface area contributed by atoms with E-state index in [0.717, 1.165) is 23.1 Å². The molecule has 0 saturated carbocycles. The zero-order valence-electron chi connectivity index (χ0n) is 18.4. The first-order chi connectivity index (χ1) is 14.2. The Hall–Kier alpha value is -2.53. The Bertz CT molecular complexity index is 847. The number of ether oxygens (including phenoxy) is 1. The third-order valence-electron chi connectivity index (χ3n) is 4.99. The molecule has 2 atom stereocenters. The first kappa shape index (κ1) is 23.7. The highest BCUT2D eigenvalue weighted by Crippen LogP contribution is 2.18. The largest absolute Gasteiger partial charge is 0.484 e. The Kier molecular flexibility index (Phi) is 8.72. The predicted molar refractivity (Wildman–Crippen MR) is 121 cm³/mol. The molecular weight excluding hydrogens is 400 g/mol. The van der Waals surface area contributed by atoms with Gasteiger partial charge < -0.3 is 15.0 Å². The van der Waals surface area contributed by atoms with Crippen LogP contribution in [-0.4, -0.2) is 35.4 Å². The molecule has 1 N–H and O–H groups in total. The second kappa shape index (κ2) is 11.0. The summed E-state index contributed by atoms with van der Waals surface area (Å²) >= 11 is 5.98. The summed E-state index contributed by atoms with van der Waals surface area (Å²) in [5, 5.41) is 3.58. The molecule has 2 aromatic carbocycles. The van der Waals surface area contributed by atoms with Crippen LogP contribution in [0, 0.1) is 13.8 Å². The lowest BCUT2D eigenvalue weighted by molar-refractivity contribution is -0.142. The average molecular weight is 431 g/mol. The van der Waals surface area contributed by atoms with Gasteiger partial charge in [0.15, 0.2) is 6.61 Å². The van der Waals surface area contributed by atoms with Crippen LogP contribution in [0.25, 0.3) is 0 Å². The molecule has 162 valence electrons. The van der Waals surface area contributed by atoms with E-state index in [1.54, 1.807) is 24.0 Å². The first-order valence-corrected chi connectivity index (χ1v) is 10.6. The maximum atomic E-state index is 13.1. The molecule has 0 saturated heterocycles. The van der Waals surface area contributed by atoms with Crippen LogP contribution in [0.1, 0.15) is 43.9 Å². The smallest absolute Gasteiger partial charge is 0.261 e. The summed E-state index contributed by atoms with van der Waals surface area (Å²) < 4.78 is 5.76. The van der Waals surface area contributed by atoms with Crippen LogP contribution in [0.5, 0.6) is 5.75 Å². The third-order valence-corrected chi connectivity index (χ3v) is 5.24. The number of amides is 2. The van der Waals surface area contributed by atoms with Crippen LogP contribution in [0.4, 0.5) is 0 Å². The van der Waals surface area contributed by atoms with Crippen molar-refractivity contribution in [1.82, 2.24) is 10.2 Å². The van der Waals surface area contributed by atoms with E-state index >= 15 is 0 Å². The number of aryl methyl sites for hydroxylation is 2. The zero-order valence-corrected chi connectivity index (χ0v) is 19.1. The second-order valence-electron chi connectivity index (χ2n) is 7.75. The molecule has 6 heteroatoms. The van der Waals surface area contributed by atoms with Gasteiger partial charge in [-0.1, -0.05) is 36.7 Å². The van der Waals surface area contributed by atoms with Crippen molar-refractivity contribution in [2.75, 3.05) is 6.61 Å². The molecule has 0 bridgehead atoms. The van der Waals surface area contributed by atoms with E-state index in [1.807, 2.05) is 58.0 Å². The van der Waals surface area contributed by atoms with Gasteiger partial charge in [0.1, 0.15) is 11.8 Å². The number of benzene rings is 2. The molecule has 2 aromatic rings. The lowest BCUT2D eigenvalue weighted by atomic mass is 10.1. The summed E-state index contributed by atoms with van der Waals surface area (Å²) in [6.45, 7) is 9.80. The Balaban J connectivity index is 2.16. The van der Waals surface area contributed by atoms with E-state index in [1.165, 1.54) is 0 Å². The fraction of sp³-hybridized carbons (Fsp3) is 0.417. The molecule has 5 nitrogen and oxygen atoms in total. The summed E-state index contributed by atoms with van der Waals surface area (Å²) in [7, 11) is 0. The zero-order chi connectivity index (χ0) is 22.3. The molecule has 0 aliphatic carbocycles. The summed E-state index contributed by atoms with van der Waals surface area (Å²) in [5.41, 5.74) is 3.02. The number of hydrogen-bond acceptors (Lipinski definition) is 3. The maximum absolute atomic E-state index is 13.1. The molecule has 2 rings (SSSR count). The molecule has 0 aliphatic rings. The van der Waals surface area contributed by atoms with Crippen molar-refractivity contribution < 1.29 is 14.3 Å². The quantitative estimate of drug-likeness (QED) is 0.629. The van der Waals surface area contributed by atoms with Crippen LogP contribution in [0.3, 0.4) is 0 Å². The van der Waals surface area contributed by atoms with E-state index in [9.17, 15) is 9.59 Å². The minimum Gasteiger partial charge on any atom is -0.484 e. The maximum Gasteiger partial charge on any atom is 0.261 e. The number of carbonyl (C=O) groups excluding carboxylic acids is 2.